The predicted octanol–water partition coefficient (Wildman–Crippen LogP) is 0.933. The van der Waals surface area contributed by atoms with Gasteiger partial charge in [0, 0.05) is 32.3 Å². The second kappa shape index (κ2) is 5.02. The zero-order chi connectivity index (χ0) is 12.3. The summed E-state index contributed by atoms with van der Waals surface area (Å²) in [5.74, 6) is 0.599. The van der Waals surface area contributed by atoms with Gasteiger partial charge < -0.3 is 10.2 Å². The molecule has 0 aliphatic carbocycles. The maximum Gasteiger partial charge on any atom is 0.221 e. The molecule has 1 saturated heterocycles. The molecule has 0 radical (unpaired) electrons. The fourth-order valence-corrected chi connectivity index (χ4v) is 1.99. The molecular weight excluding hydrogens is 240 g/mol. The van der Waals surface area contributed by atoms with Crippen LogP contribution in [0.15, 0.2) is 12.3 Å². The summed E-state index contributed by atoms with van der Waals surface area (Å²) in [4.78, 5) is 17.3. The molecule has 0 unspecified atom stereocenters. The minimum Gasteiger partial charge on any atom is -0.354 e. The van der Waals surface area contributed by atoms with E-state index in [0.717, 1.165) is 0 Å². The quantitative estimate of drug-likeness (QED) is 0.805. The fourth-order valence-electron chi connectivity index (χ4n) is 1.72. The fraction of sp³-hybridized carbons (Fsp3) is 0.364. The molecule has 2 rings (SSSR count). The molecule has 1 amide bonds. The number of anilines is 1. The van der Waals surface area contributed by atoms with E-state index in [9.17, 15) is 4.79 Å². The van der Waals surface area contributed by atoms with Crippen molar-refractivity contribution in [2.75, 3.05) is 24.5 Å². The maximum atomic E-state index is 11.2. The van der Waals surface area contributed by atoms with E-state index >= 15 is 0 Å². The molecular formula is C11H11ClN4O. The van der Waals surface area contributed by atoms with Crippen LogP contribution in [0.4, 0.5) is 5.82 Å². The third-order valence-electron chi connectivity index (χ3n) is 2.60. The van der Waals surface area contributed by atoms with Crippen LogP contribution in [-0.4, -0.2) is 30.5 Å². The molecule has 1 aromatic heterocycles. The van der Waals surface area contributed by atoms with Gasteiger partial charge in [-0.3, -0.25) is 4.79 Å². The standard InChI is InChI=1S/C11H11ClN4O/c12-10-8(7-13)1-3-15-11(10)16-5-2-9(17)14-4-6-16/h1,3H,2,4-6H2,(H,14,17). The van der Waals surface area contributed by atoms with Crippen LogP contribution in [0.5, 0.6) is 0 Å². The molecule has 6 heteroatoms. The van der Waals surface area contributed by atoms with Crippen molar-refractivity contribution in [2.45, 2.75) is 6.42 Å². The molecule has 5 nitrogen and oxygen atoms in total. The second-order valence-electron chi connectivity index (χ2n) is 3.69. The van der Waals surface area contributed by atoms with Gasteiger partial charge in [0.2, 0.25) is 5.91 Å². The summed E-state index contributed by atoms with van der Waals surface area (Å²) in [6.07, 6.45) is 1.97. The number of halogens is 1. The normalized spacial score (nSPS) is 16.0. The van der Waals surface area contributed by atoms with Gasteiger partial charge in [0.15, 0.2) is 0 Å². The van der Waals surface area contributed by atoms with Gasteiger partial charge in [0.1, 0.15) is 16.9 Å². The Hall–Kier alpha value is -1.80. The lowest BCUT2D eigenvalue weighted by atomic mass is 10.2. The minimum atomic E-state index is 0.0278. The first-order valence-electron chi connectivity index (χ1n) is 5.28. The highest BCUT2D eigenvalue weighted by molar-refractivity contribution is 6.34. The maximum absolute atomic E-state index is 11.2. The van der Waals surface area contributed by atoms with E-state index in [1.807, 2.05) is 11.0 Å². The topological polar surface area (TPSA) is 69.0 Å². The SMILES string of the molecule is N#Cc1ccnc(N2CCNC(=O)CC2)c1Cl. The van der Waals surface area contributed by atoms with Crippen molar-refractivity contribution in [1.82, 2.24) is 10.3 Å². The van der Waals surface area contributed by atoms with E-state index in [1.165, 1.54) is 0 Å². The molecule has 1 aromatic rings. The molecule has 1 aliphatic heterocycles. The lowest BCUT2D eigenvalue weighted by Crippen LogP contribution is -2.29. The molecule has 17 heavy (non-hydrogen) atoms. The van der Waals surface area contributed by atoms with Crippen LogP contribution in [0, 0.1) is 11.3 Å². The van der Waals surface area contributed by atoms with E-state index in [1.54, 1.807) is 12.3 Å². The number of carbonyl (C=O) groups is 1. The number of nitrogens with zero attached hydrogens (tertiary/aromatic N) is 3. The first-order valence-corrected chi connectivity index (χ1v) is 5.66. The largest absolute Gasteiger partial charge is 0.354 e. The van der Waals surface area contributed by atoms with Crippen LogP contribution >= 0.6 is 11.6 Å². The van der Waals surface area contributed by atoms with E-state index in [-0.39, 0.29) is 5.91 Å². The van der Waals surface area contributed by atoms with Crippen LogP contribution < -0.4 is 10.2 Å². The number of hydrogen-bond donors (Lipinski definition) is 1. The van der Waals surface area contributed by atoms with Gasteiger partial charge in [-0.15, -0.1) is 0 Å². The summed E-state index contributed by atoms with van der Waals surface area (Å²) in [6.45, 7) is 1.77. The Morgan fingerprint density at radius 3 is 3.12 bits per heavy atom. The summed E-state index contributed by atoms with van der Waals surface area (Å²) in [5, 5.41) is 12.0. The Labute approximate surface area is 104 Å². The number of pyridine rings is 1. The van der Waals surface area contributed by atoms with Crippen molar-refractivity contribution in [3.63, 3.8) is 0 Å². The number of carbonyl (C=O) groups excluding carboxylic acids is 1. The van der Waals surface area contributed by atoms with Crippen LogP contribution in [0.3, 0.4) is 0 Å². The van der Waals surface area contributed by atoms with Gasteiger partial charge in [-0.1, -0.05) is 11.6 Å². The van der Waals surface area contributed by atoms with Crippen LogP contribution in [0.2, 0.25) is 5.02 Å². The smallest absolute Gasteiger partial charge is 0.221 e. The van der Waals surface area contributed by atoms with Crippen molar-refractivity contribution >= 4 is 23.3 Å². The van der Waals surface area contributed by atoms with Gasteiger partial charge >= 0.3 is 0 Å². The first kappa shape index (κ1) is 11.7. The highest BCUT2D eigenvalue weighted by Crippen LogP contribution is 2.26. The van der Waals surface area contributed by atoms with E-state index in [4.69, 9.17) is 16.9 Å². The number of nitrogens with one attached hydrogen (secondary N) is 1. The Kier molecular flexibility index (Phi) is 3.45. The van der Waals surface area contributed by atoms with Gasteiger partial charge in [0.05, 0.1) is 5.56 Å². The predicted molar refractivity (Wildman–Crippen MR) is 63.8 cm³/mol. The molecule has 0 spiro atoms. The third kappa shape index (κ3) is 2.48. The molecule has 0 saturated carbocycles. The zero-order valence-electron chi connectivity index (χ0n) is 9.11. The van der Waals surface area contributed by atoms with Crippen LogP contribution in [-0.2, 0) is 4.79 Å². The van der Waals surface area contributed by atoms with Crippen molar-refractivity contribution in [3.8, 4) is 6.07 Å². The number of amides is 1. The average Bonchev–Trinajstić information content (AvgIpc) is 2.54. The first-order chi connectivity index (χ1) is 8.22. The Balaban J connectivity index is 2.28. The van der Waals surface area contributed by atoms with Crippen molar-refractivity contribution in [3.05, 3.63) is 22.8 Å². The Morgan fingerprint density at radius 2 is 2.35 bits per heavy atom. The van der Waals surface area contributed by atoms with E-state index in [0.29, 0.717) is 42.5 Å². The van der Waals surface area contributed by atoms with Gasteiger partial charge in [-0.2, -0.15) is 5.26 Å². The van der Waals surface area contributed by atoms with Crippen molar-refractivity contribution in [1.29, 1.82) is 5.26 Å². The van der Waals surface area contributed by atoms with Crippen LogP contribution in [0.25, 0.3) is 0 Å². The highest BCUT2D eigenvalue weighted by Gasteiger charge is 2.18. The molecule has 0 aromatic carbocycles. The number of rotatable bonds is 1. The minimum absolute atomic E-state index is 0.0278. The van der Waals surface area contributed by atoms with E-state index in [2.05, 4.69) is 10.3 Å². The van der Waals surface area contributed by atoms with Crippen molar-refractivity contribution < 1.29 is 4.79 Å². The second-order valence-corrected chi connectivity index (χ2v) is 4.07. The highest BCUT2D eigenvalue weighted by atomic mass is 35.5. The van der Waals surface area contributed by atoms with Gasteiger partial charge in [-0.25, -0.2) is 4.98 Å². The summed E-state index contributed by atoms with van der Waals surface area (Å²) >= 11 is 6.10. The van der Waals surface area contributed by atoms with Gasteiger partial charge in [-0.05, 0) is 6.07 Å². The van der Waals surface area contributed by atoms with Crippen molar-refractivity contribution in [2.24, 2.45) is 0 Å². The lowest BCUT2D eigenvalue weighted by Gasteiger charge is -2.21. The van der Waals surface area contributed by atoms with Gasteiger partial charge in [0.25, 0.3) is 0 Å². The lowest BCUT2D eigenvalue weighted by molar-refractivity contribution is -0.120. The molecule has 0 atom stereocenters. The Bertz CT molecular complexity index is 483. The summed E-state index contributed by atoms with van der Waals surface area (Å²) in [7, 11) is 0. The Morgan fingerprint density at radius 1 is 1.53 bits per heavy atom. The summed E-state index contributed by atoms with van der Waals surface area (Å²) < 4.78 is 0. The number of aromatic nitrogens is 1. The number of nitriles is 1. The summed E-state index contributed by atoms with van der Waals surface area (Å²) in [6, 6.07) is 3.59. The third-order valence-corrected chi connectivity index (χ3v) is 2.98. The van der Waals surface area contributed by atoms with Crippen LogP contribution in [0.1, 0.15) is 12.0 Å². The molecule has 1 fully saturated rings. The monoisotopic (exact) mass is 250 g/mol. The molecule has 0 bridgehead atoms. The molecule has 88 valence electrons. The zero-order valence-corrected chi connectivity index (χ0v) is 9.87. The van der Waals surface area contributed by atoms with E-state index < -0.39 is 0 Å². The molecule has 2 heterocycles. The average molecular weight is 251 g/mol. The summed E-state index contributed by atoms with van der Waals surface area (Å²) in [5.41, 5.74) is 0.403. The molecule has 1 N–H and O–H groups in total. The number of hydrogen-bond acceptors (Lipinski definition) is 4. The molecule has 1 aliphatic rings.